The zero-order chi connectivity index (χ0) is 15.4. The van der Waals surface area contributed by atoms with E-state index in [1.807, 2.05) is 0 Å². The summed E-state index contributed by atoms with van der Waals surface area (Å²) in [5.74, 6) is -0.717. The maximum Gasteiger partial charge on any atom is 0.335 e. The van der Waals surface area contributed by atoms with Crippen molar-refractivity contribution in [1.82, 2.24) is 14.8 Å². The second-order valence-corrected chi connectivity index (χ2v) is 5.02. The molecule has 7 heteroatoms. The Balaban J connectivity index is 2.10. The average Bonchev–Trinajstić information content (AvgIpc) is 2.82. The molecule has 0 aliphatic carbocycles. The fourth-order valence-electron chi connectivity index (χ4n) is 1.82. The van der Waals surface area contributed by atoms with Crippen LogP contribution in [0.3, 0.4) is 0 Å². The zero-order valence-electron chi connectivity index (χ0n) is 11.8. The van der Waals surface area contributed by atoms with Gasteiger partial charge in [0.2, 0.25) is 0 Å². The van der Waals surface area contributed by atoms with Crippen LogP contribution in [0, 0.1) is 11.7 Å². The van der Waals surface area contributed by atoms with Crippen molar-refractivity contribution in [2.24, 2.45) is 5.92 Å². The highest BCUT2D eigenvalue weighted by molar-refractivity contribution is 5.88. The molecule has 0 unspecified atom stereocenters. The third kappa shape index (κ3) is 4.01. The molecule has 0 spiro atoms. The fourth-order valence-corrected chi connectivity index (χ4v) is 1.82. The van der Waals surface area contributed by atoms with Crippen molar-refractivity contribution in [1.29, 1.82) is 0 Å². The molecule has 0 fully saturated rings. The Kier molecular flexibility index (Phi) is 4.52. The number of benzene rings is 1. The van der Waals surface area contributed by atoms with Gasteiger partial charge in [-0.05, 0) is 18.1 Å². The highest BCUT2D eigenvalue weighted by Crippen LogP contribution is 2.17. The monoisotopic (exact) mass is 293 g/mol. The van der Waals surface area contributed by atoms with E-state index in [9.17, 15) is 9.18 Å². The van der Waals surface area contributed by atoms with Gasteiger partial charge >= 0.3 is 5.97 Å². The predicted molar refractivity (Wildman–Crippen MR) is 72.6 cm³/mol. The molecule has 2 aromatic rings. The van der Waals surface area contributed by atoms with Gasteiger partial charge in [0.15, 0.2) is 5.82 Å². The van der Waals surface area contributed by atoms with Crippen molar-refractivity contribution in [2.45, 2.75) is 27.0 Å². The third-order valence-electron chi connectivity index (χ3n) is 2.72. The van der Waals surface area contributed by atoms with Crippen LogP contribution in [0.15, 0.2) is 24.5 Å². The third-order valence-corrected chi connectivity index (χ3v) is 2.72. The normalized spacial score (nSPS) is 10.9. The van der Waals surface area contributed by atoms with Crippen LogP contribution in [0.2, 0.25) is 0 Å². The lowest BCUT2D eigenvalue weighted by molar-refractivity contribution is 0.0695. The Morgan fingerprint density at radius 2 is 2.19 bits per heavy atom. The molecule has 0 saturated heterocycles. The summed E-state index contributed by atoms with van der Waals surface area (Å²) in [6, 6.07) is 3.35. The summed E-state index contributed by atoms with van der Waals surface area (Å²) in [5, 5.41) is 13.0. The largest absolute Gasteiger partial charge is 0.485 e. The van der Waals surface area contributed by atoms with Crippen LogP contribution in [-0.4, -0.2) is 25.8 Å². The number of aromatic nitrogens is 3. The number of hydrogen-bond donors (Lipinski definition) is 1. The minimum absolute atomic E-state index is 0.0925. The summed E-state index contributed by atoms with van der Waals surface area (Å²) in [6.45, 7) is 4.90. The number of carboxylic acids is 1. The van der Waals surface area contributed by atoms with Gasteiger partial charge in [-0.25, -0.2) is 18.9 Å². The van der Waals surface area contributed by atoms with E-state index < -0.39 is 11.8 Å². The van der Waals surface area contributed by atoms with Gasteiger partial charge in [0.25, 0.3) is 0 Å². The van der Waals surface area contributed by atoms with Crippen LogP contribution in [0.5, 0.6) is 5.75 Å². The quantitative estimate of drug-likeness (QED) is 0.884. The van der Waals surface area contributed by atoms with Crippen molar-refractivity contribution in [3.8, 4) is 5.75 Å². The van der Waals surface area contributed by atoms with Crippen molar-refractivity contribution < 1.29 is 19.0 Å². The lowest BCUT2D eigenvalue weighted by Gasteiger charge is -2.10. The lowest BCUT2D eigenvalue weighted by Crippen LogP contribution is -2.12. The number of carboxylic acid groups (broad SMARTS) is 1. The van der Waals surface area contributed by atoms with Gasteiger partial charge in [0.05, 0.1) is 5.56 Å². The summed E-state index contributed by atoms with van der Waals surface area (Å²) < 4.78 is 20.5. The van der Waals surface area contributed by atoms with Crippen LogP contribution in [0.1, 0.15) is 30.0 Å². The van der Waals surface area contributed by atoms with Gasteiger partial charge in [0, 0.05) is 12.6 Å². The molecule has 21 heavy (non-hydrogen) atoms. The van der Waals surface area contributed by atoms with Crippen LogP contribution < -0.4 is 4.74 Å². The first kappa shape index (κ1) is 15.0. The number of ether oxygens (including phenoxy) is 1. The van der Waals surface area contributed by atoms with Crippen LogP contribution in [0.25, 0.3) is 0 Å². The van der Waals surface area contributed by atoms with E-state index in [1.54, 1.807) is 4.68 Å². The smallest absolute Gasteiger partial charge is 0.335 e. The standard InChI is InChI=1S/C14H16FN3O3/c1-9(2)6-18-13(16-8-17-18)7-21-12-4-10(14(19)20)3-11(15)5-12/h3-5,8-9H,6-7H2,1-2H3,(H,19,20). The first-order valence-corrected chi connectivity index (χ1v) is 6.49. The molecule has 0 aliphatic heterocycles. The Hall–Kier alpha value is -2.44. The van der Waals surface area contributed by atoms with Gasteiger partial charge in [-0.3, -0.25) is 0 Å². The maximum absolute atomic E-state index is 13.3. The molecular formula is C14H16FN3O3. The van der Waals surface area contributed by atoms with Crippen molar-refractivity contribution in [3.63, 3.8) is 0 Å². The van der Waals surface area contributed by atoms with Crippen molar-refractivity contribution in [2.75, 3.05) is 0 Å². The van der Waals surface area contributed by atoms with Gasteiger partial charge in [-0.15, -0.1) is 0 Å². The van der Waals surface area contributed by atoms with E-state index >= 15 is 0 Å². The number of nitrogens with zero attached hydrogens (tertiary/aromatic N) is 3. The molecule has 0 atom stereocenters. The highest BCUT2D eigenvalue weighted by atomic mass is 19.1. The van der Waals surface area contributed by atoms with E-state index in [1.165, 1.54) is 12.4 Å². The molecule has 0 radical (unpaired) electrons. The van der Waals surface area contributed by atoms with E-state index in [4.69, 9.17) is 9.84 Å². The predicted octanol–water partition coefficient (Wildman–Crippen LogP) is 2.35. The minimum Gasteiger partial charge on any atom is -0.485 e. The molecule has 1 heterocycles. The summed E-state index contributed by atoms with van der Waals surface area (Å²) >= 11 is 0. The molecule has 0 saturated carbocycles. The first-order valence-electron chi connectivity index (χ1n) is 6.49. The first-order chi connectivity index (χ1) is 9.95. The Morgan fingerprint density at radius 1 is 1.43 bits per heavy atom. The number of rotatable bonds is 6. The number of carbonyl (C=O) groups is 1. The Bertz CT molecular complexity index is 640. The second-order valence-electron chi connectivity index (χ2n) is 5.02. The van der Waals surface area contributed by atoms with E-state index in [-0.39, 0.29) is 17.9 Å². The molecule has 0 amide bonds. The molecule has 0 bridgehead atoms. The van der Waals surface area contributed by atoms with Crippen LogP contribution >= 0.6 is 0 Å². The van der Waals surface area contributed by atoms with Gasteiger partial charge in [0.1, 0.15) is 24.5 Å². The fraction of sp³-hybridized carbons (Fsp3) is 0.357. The summed E-state index contributed by atoms with van der Waals surface area (Å²) in [6.07, 6.45) is 1.43. The van der Waals surface area contributed by atoms with Gasteiger partial charge in [-0.1, -0.05) is 13.8 Å². The molecule has 1 aromatic heterocycles. The van der Waals surface area contributed by atoms with Crippen LogP contribution in [0.4, 0.5) is 4.39 Å². The zero-order valence-corrected chi connectivity index (χ0v) is 11.8. The summed E-state index contributed by atoms with van der Waals surface area (Å²) in [7, 11) is 0. The number of aromatic carboxylic acids is 1. The molecule has 0 aliphatic rings. The molecule has 1 aromatic carbocycles. The van der Waals surface area contributed by atoms with Gasteiger partial charge in [-0.2, -0.15) is 5.10 Å². The number of hydrogen-bond acceptors (Lipinski definition) is 4. The minimum atomic E-state index is -1.21. The summed E-state index contributed by atoms with van der Waals surface area (Å²) in [5.41, 5.74) is -0.159. The summed E-state index contributed by atoms with van der Waals surface area (Å²) in [4.78, 5) is 14.9. The van der Waals surface area contributed by atoms with Gasteiger partial charge < -0.3 is 9.84 Å². The topological polar surface area (TPSA) is 77.2 Å². The van der Waals surface area contributed by atoms with Crippen molar-refractivity contribution >= 4 is 5.97 Å². The highest BCUT2D eigenvalue weighted by Gasteiger charge is 2.10. The SMILES string of the molecule is CC(C)Cn1ncnc1COc1cc(F)cc(C(=O)O)c1. The van der Waals surface area contributed by atoms with E-state index in [0.29, 0.717) is 18.3 Å². The number of halogens is 1. The molecular weight excluding hydrogens is 277 g/mol. The second kappa shape index (κ2) is 6.34. The Labute approximate surface area is 121 Å². The lowest BCUT2D eigenvalue weighted by atomic mass is 10.2. The molecule has 1 N–H and O–H groups in total. The molecule has 6 nitrogen and oxygen atoms in total. The molecule has 2 rings (SSSR count). The maximum atomic E-state index is 13.3. The van der Waals surface area contributed by atoms with Crippen LogP contribution in [-0.2, 0) is 13.2 Å². The average molecular weight is 293 g/mol. The van der Waals surface area contributed by atoms with E-state index in [0.717, 1.165) is 12.1 Å². The molecule has 112 valence electrons. The van der Waals surface area contributed by atoms with E-state index in [2.05, 4.69) is 23.9 Å². The van der Waals surface area contributed by atoms with Crippen molar-refractivity contribution in [3.05, 3.63) is 41.7 Å². The Morgan fingerprint density at radius 3 is 2.86 bits per heavy atom.